The molecule has 0 atom stereocenters. The second-order valence-corrected chi connectivity index (χ2v) is 2.49. The summed E-state index contributed by atoms with van der Waals surface area (Å²) in [6, 6.07) is 4.60. The maximum Gasteiger partial charge on any atom is 0.145 e. The van der Waals surface area contributed by atoms with Crippen LogP contribution in [0.5, 0.6) is 0 Å². The van der Waals surface area contributed by atoms with Crippen LogP contribution in [0.3, 0.4) is 0 Å². The van der Waals surface area contributed by atoms with Crippen molar-refractivity contribution in [1.82, 2.24) is 0 Å². The molecule has 0 aromatic heterocycles. The summed E-state index contributed by atoms with van der Waals surface area (Å²) in [5.74, 6) is -0.499. The van der Waals surface area contributed by atoms with Crippen molar-refractivity contribution in [2.75, 3.05) is 0 Å². The molecule has 0 aliphatic heterocycles. The molecule has 1 nitrogen and oxygen atoms in total. The van der Waals surface area contributed by atoms with Crippen LogP contribution in [0.2, 0.25) is 5.02 Å². The van der Waals surface area contributed by atoms with Crippen molar-refractivity contribution < 1.29 is 9.18 Å². The molecule has 0 heterocycles. The predicted molar refractivity (Wildman–Crippen MR) is 41.2 cm³/mol. The van der Waals surface area contributed by atoms with Gasteiger partial charge in [0.25, 0.3) is 0 Å². The van der Waals surface area contributed by atoms with Gasteiger partial charge in [0.05, 0.1) is 5.02 Å². The summed E-state index contributed by atoms with van der Waals surface area (Å²) in [5, 5.41) is 0.0596. The first-order chi connectivity index (χ1) is 5.25. The van der Waals surface area contributed by atoms with Crippen LogP contribution in [-0.2, 0) is 11.2 Å². The maximum atomic E-state index is 12.9. The van der Waals surface area contributed by atoms with Crippen molar-refractivity contribution in [2.45, 2.75) is 6.42 Å². The largest absolute Gasteiger partial charge is 0.303 e. The topological polar surface area (TPSA) is 17.1 Å². The number of hydrogen-bond acceptors (Lipinski definition) is 1. The predicted octanol–water partition coefficient (Wildman–Crippen LogP) is 2.22. The first kappa shape index (κ1) is 8.21. The van der Waals surface area contributed by atoms with Gasteiger partial charge in [-0.3, -0.25) is 0 Å². The Morgan fingerprint density at radius 2 is 2.27 bits per heavy atom. The third-order valence-electron chi connectivity index (χ3n) is 1.33. The fraction of sp³-hybridized carbons (Fsp3) is 0.125. The first-order valence-electron chi connectivity index (χ1n) is 3.12. The van der Waals surface area contributed by atoms with Gasteiger partial charge in [-0.05, 0) is 11.6 Å². The summed E-state index contributed by atoms with van der Waals surface area (Å²) in [6.45, 7) is 0. The summed E-state index contributed by atoms with van der Waals surface area (Å²) < 4.78 is 12.9. The van der Waals surface area contributed by atoms with E-state index < -0.39 is 5.82 Å². The second-order valence-electron chi connectivity index (χ2n) is 2.08. The Labute approximate surface area is 68.8 Å². The third kappa shape index (κ3) is 1.77. The van der Waals surface area contributed by atoms with Crippen LogP contribution in [0.15, 0.2) is 18.2 Å². The van der Waals surface area contributed by atoms with E-state index in [1.807, 2.05) is 0 Å². The van der Waals surface area contributed by atoms with E-state index in [0.717, 1.165) is 0 Å². The smallest absolute Gasteiger partial charge is 0.145 e. The molecule has 0 N–H and O–H groups in total. The quantitative estimate of drug-likeness (QED) is 0.626. The van der Waals surface area contributed by atoms with E-state index in [1.165, 1.54) is 12.1 Å². The van der Waals surface area contributed by atoms with E-state index in [4.69, 9.17) is 11.6 Å². The molecule has 1 aromatic rings. The Morgan fingerprint density at radius 3 is 2.91 bits per heavy atom. The molecule has 0 saturated heterocycles. The molecule has 0 bridgehead atoms. The Hall–Kier alpha value is -0.890. The lowest BCUT2D eigenvalue weighted by Gasteiger charge is -1.98. The maximum absolute atomic E-state index is 12.9. The van der Waals surface area contributed by atoms with Crippen molar-refractivity contribution >= 4 is 17.9 Å². The number of hydrogen-bond donors (Lipinski definition) is 0. The van der Waals surface area contributed by atoms with Gasteiger partial charge in [0.15, 0.2) is 0 Å². The van der Waals surface area contributed by atoms with Crippen LogP contribution >= 0.6 is 11.6 Å². The molecular formula is C8H6ClFO. The molecule has 0 fully saturated rings. The van der Waals surface area contributed by atoms with Gasteiger partial charge < -0.3 is 4.79 Å². The number of carbonyl (C=O) groups excluding carboxylic acids is 1. The van der Waals surface area contributed by atoms with Gasteiger partial charge in [-0.1, -0.05) is 23.7 Å². The number of rotatable bonds is 2. The molecule has 3 heteroatoms. The van der Waals surface area contributed by atoms with E-state index in [-0.39, 0.29) is 11.4 Å². The van der Waals surface area contributed by atoms with E-state index >= 15 is 0 Å². The van der Waals surface area contributed by atoms with Crippen molar-refractivity contribution in [3.63, 3.8) is 0 Å². The average molecular weight is 173 g/mol. The van der Waals surface area contributed by atoms with E-state index in [1.54, 1.807) is 6.07 Å². The molecule has 0 spiro atoms. The SMILES string of the molecule is O=CCc1cccc(Cl)c1F. The van der Waals surface area contributed by atoms with Gasteiger partial charge in [-0.15, -0.1) is 0 Å². The molecule has 0 saturated carbocycles. The summed E-state index contributed by atoms with van der Waals surface area (Å²) in [5.41, 5.74) is 0.340. The Kier molecular flexibility index (Phi) is 2.60. The van der Waals surface area contributed by atoms with Crippen molar-refractivity contribution in [3.8, 4) is 0 Å². The van der Waals surface area contributed by atoms with Crippen LogP contribution in [-0.4, -0.2) is 6.29 Å². The number of benzene rings is 1. The van der Waals surface area contributed by atoms with Crippen LogP contribution in [0.1, 0.15) is 5.56 Å². The number of aldehydes is 1. The Morgan fingerprint density at radius 1 is 1.55 bits per heavy atom. The van der Waals surface area contributed by atoms with Crippen LogP contribution < -0.4 is 0 Å². The molecule has 1 aromatic carbocycles. The lowest BCUT2D eigenvalue weighted by Crippen LogP contribution is -1.91. The fourth-order valence-electron chi connectivity index (χ4n) is 0.796. The minimum Gasteiger partial charge on any atom is -0.303 e. The molecule has 0 radical (unpaired) electrons. The van der Waals surface area contributed by atoms with Crippen LogP contribution in [0.4, 0.5) is 4.39 Å². The Balaban J connectivity index is 3.05. The minimum atomic E-state index is -0.499. The van der Waals surface area contributed by atoms with Gasteiger partial charge in [-0.25, -0.2) is 4.39 Å². The van der Waals surface area contributed by atoms with Crippen molar-refractivity contribution in [2.24, 2.45) is 0 Å². The fourth-order valence-corrected chi connectivity index (χ4v) is 0.990. The standard InChI is InChI=1S/C8H6ClFO/c9-7-3-1-2-6(4-5-11)8(7)10/h1-3,5H,4H2. The summed E-state index contributed by atoms with van der Waals surface area (Å²) >= 11 is 5.46. The molecule has 11 heavy (non-hydrogen) atoms. The lowest BCUT2D eigenvalue weighted by atomic mass is 10.1. The summed E-state index contributed by atoms with van der Waals surface area (Å²) in [4.78, 5) is 10.0. The number of carbonyl (C=O) groups is 1. The van der Waals surface area contributed by atoms with Crippen molar-refractivity contribution in [1.29, 1.82) is 0 Å². The molecular weight excluding hydrogens is 167 g/mol. The first-order valence-corrected chi connectivity index (χ1v) is 3.50. The highest BCUT2D eigenvalue weighted by atomic mass is 35.5. The zero-order valence-corrected chi connectivity index (χ0v) is 6.44. The molecule has 0 aliphatic carbocycles. The molecule has 0 amide bonds. The van der Waals surface area contributed by atoms with Gasteiger partial charge in [0.1, 0.15) is 12.1 Å². The van der Waals surface area contributed by atoms with Gasteiger partial charge >= 0.3 is 0 Å². The second kappa shape index (κ2) is 3.49. The third-order valence-corrected chi connectivity index (χ3v) is 1.63. The lowest BCUT2D eigenvalue weighted by molar-refractivity contribution is -0.107. The van der Waals surface area contributed by atoms with E-state index in [9.17, 15) is 9.18 Å². The molecule has 0 unspecified atom stereocenters. The van der Waals surface area contributed by atoms with Crippen molar-refractivity contribution in [3.05, 3.63) is 34.6 Å². The average Bonchev–Trinajstić information content (AvgIpc) is 1.99. The van der Waals surface area contributed by atoms with Gasteiger partial charge in [0, 0.05) is 6.42 Å². The van der Waals surface area contributed by atoms with Gasteiger partial charge in [-0.2, -0.15) is 0 Å². The van der Waals surface area contributed by atoms with Crippen LogP contribution in [0, 0.1) is 5.82 Å². The summed E-state index contributed by atoms with van der Waals surface area (Å²) in [6.07, 6.45) is 0.723. The molecule has 58 valence electrons. The van der Waals surface area contributed by atoms with Gasteiger partial charge in [0.2, 0.25) is 0 Å². The monoisotopic (exact) mass is 172 g/mol. The van der Waals surface area contributed by atoms with E-state index in [2.05, 4.69) is 0 Å². The molecule has 1 rings (SSSR count). The number of halogens is 2. The van der Waals surface area contributed by atoms with E-state index in [0.29, 0.717) is 11.8 Å². The highest BCUT2D eigenvalue weighted by molar-refractivity contribution is 6.30. The van der Waals surface area contributed by atoms with Crippen LogP contribution in [0.25, 0.3) is 0 Å². The normalized spacial score (nSPS) is 9.64. The molecule has 0 aliphatic rings. The zero-order valence-electron chi connectivity index (χ0n) is 5.68. The Bertz CT molecular complexity index is 273. The summed E-state index contributed by atoms with van der Waals surface area (Å²) in [7, 11) is 0. The minimum absolute atomic E-state index is 0.0596. The highest BCUT2D eigenvalue weighted by Gasteiger charge is 2.03. The zero-order chi connectivity index (χ0) is 8.27. The highest BCUT2D eigenvalue weighted by Crippen LogP contribution is 2.17.